The Bertz CT molecular complexity index is 284. The van der Waals surface area contributed by atoms with Crippen LogP contribution in [0.15, 0.2) is 29.2 Å². The minimum Gasteiger partial charge on any atom is -0.396 e. The van der Waals surface area contributed by atoms with Gasteiger partial charge in [0.2, 0.25) is 0 Å². The van der Waals surface area contributed by atoms with E-state index in [4.69, 9.17) is 5.11 Å². The predicted octanol–water partition coefficient (Wildman–Crippen LogP) is 3.36. The number of hydrogen-bond donors (Lipinski definition) is 1. The Morgan fingerprint density at radius 3 is 2.67 bits per heavy atom. The molecule has 0 saturated carbocycles. The molecular formula is C13H20OS. The number of benzene rings is 1. The molecule has 2 heteroatoms. The van der Waals surface area contributed by atoms with Gasteiger partial charge in [0.25, 0.3) is 0 Å². The third kappa shape index (κ3) is 4.72. The average Bonchev–Trinajstić information content (AvgIpc) is 2.20. The summed E-state index contributed by atoms with van der Waals surface area (Å²) in [7, 11) is 0. The lowest BCUT2D eigenvalue weighted by Gasteiger charge is -2.08. The van der Waals surface area contributed by atoms with Crippen molar-refractivity contribution in [2.75, 3.05) is 12.4 Å². The number of hydrogen-bond acceptors (Lipinski definition) is 2. The van der Waals surface area contributed by atoms with Crippen LogP contribution in [0.1, 0.15) is 25.8 Å². The molecule has 0 atom stereocenters. The first-order valence-corrected chi connectivity index (χ1v) is 6.54. The zero-order valence-corrected chi connectivity index (χ0v) is 10.4. The molecule has 0 radical (unpaired) electrons. The topological polar surface area (TPSA) is 20.2 Å². The van der Waals surface area contributed by atoms with Crippen molar-refractivity contribution in [1.82, 2.24) is 0 Å². The van der Waals surface area contributed by atoms with Gasteiger partial charge in [0.15, 0.2) is 0 Å². The molecule has 84 valence electrons. The van der Waals surface area contributed by atoms with Crippen LogP contribution in [0.4, 0.5) is 0 Å². The summed E-state index contributed by atoms with van der Waals surface area (Å²) in [4.78, 5) is 1.33. The van der Waals surface area contributed by atoms with Crippen molar-refractivity contribution in [1.29, 1.82) is 0 Å². The normalized spacial score (nSPS) is 10.9. The summed E-state index contributed by atoms with van der Waals surface area (Å²) in [6.45, 7) is 4.74. The van der Waals surface area contributed by atoms with Crippen molar-refractivity contribution in [3.8, 4) is 0 Å². The van der Waals surface area contributed by atoms with E-state index in [1.807, 2.05) is 17.8 Å². The lowest BCUT2D eigenvalue weighted by Crippen LogP contribution is -1.94. The first kappa shape index (κ1) is 12.6. The van der Waals surface area contributed by atoms with Crippen LogP contribution in [0.3, 0.4) is 0 Å². The molecule has 0 amide bonds. The summed E-state index contributed by atoms with van der Waals surface area (Å²) in [6.07, 6.45) is 2.02. The largest absolute Gasteiger partial charge is 0.396 e. The molecule has 0 spiro atoms. The Kier molecular flexibility index (Phi) is 5.81. The molecule has 0 aliphatic rings. The fraction of sp³-hybridized carbons (Fsp3) is 0.538. The van der Waals surface area contributed by atoms with E-state index in [0.717, 1.165) is 12.3 Å². The van der Waals surface area contributed by atoms with Gasteiger partial charge in [0.1, 0.15) is 0 Å². The monoisotopic (exact) mass is 224 g/mol. The van der Waals surface area contributed by atoms with Crippen molar-refractivity contribution < 1.29 is 5.11 Å². The molecule has 1 aromatic carbocycles. The van der Waals surface area contributed by atoms with E-state index < -0.39 is 0 Å². The van der Waals surface area contributed by atoms with Gasteiger partial charge in [-0.25, -0.2) is 0 Å². The molecule has 0 fully saturated rings. The Labute approximate surface area is 96.9 Å². The van der Waals surface area contributed by atoms with E-state index >= 15 is 0 Å². The van der Waals surface area contributed by atoms with Crippen molar-refractivity contribution in [3.63, 3.8) is 0 Å². The van der Waals surface area contributed by atoms with Crippen LogP contribution in [0.2, 0.25) is 0 Å². The lowest BCUT2D eigenvalue weighted by molar-refractivity contribution is 0.299. The Balaban J connectivity index is 2.51. The quantitative estimate of drug-likeness (QED) is 0.748. The van der Waals surface area contributed by atoms with Crippen molar-refractivity contribution >= 4 is 11.8 Å². The molecule has 0 unspecified atom stereocenters. The molecule has 0 aliphatic carbocycles. The van der Waals surface area contributed by atoms with Gasteiger partial charge in [-0.3, -0.25) is 0 Å². The highest BCUT2D eigenvalue weighted by Gasteiger charge is 2.02. The van der Waals surface area contributed by atoms with Crippen molar-refractivity contribution in [3.05, 3.63) is 29.8 Å². The molecule has 0 saturated heterocycles. The van der Waals surface area contributed by atoms with E-state index in [0.29, 0.717) is 0 Å². The molecular weight excluding hydrogens is 204 g/mol. The second kappa shape index (κ2) is 6.91. The van der Waals surface area contributed by atoms with Crippen LogP contribution in [0, 0.1) is 5.92 Å². The molecule has 0 heterocycles. The van der Waals surface area contributed by atoms with Gasteiger partial charge in [-0.1, -0.05) is 32.0 Å². The summed E-state index contributed by atoms with van der Waals surface area (Å²) >= 11 is 1.90. The van der Waals surface area contributed by atoms with Crippen LogP contribution in [0.25, 0.3) is 0 Å². The van der Waals surface area contributed by atoms with Gasteiger partial charge in [-0.15, -0.1) is 11.8 Å². The molecule has 1 rings (SSSR count). The van der Waals surface area contributed by atoms with E-state index in [2.05, 4.69) is 32.0 Å². The summed E-state index contributed by atoms with van der Waals surface area (Å²) in [5, 5.41) is 8.95. The van der Waals surface area contributed by atoms with E-state index in [1.165, 1.54) is 22.6 Å². The van der Waals surface area contributed by atoms with Crippen molar-refractivity contribution in [2.45, 2.75) is 31.6 Å². The Morgan fingerprint density at radius 2 is 2.00 bits per heavy atom. The highest BCUT2D eigenvalue weighted by Crippen LogP contribution is 2.24. The summed E-state index contributed by atoms with van der Waals surface area (Å²) in [5.74, 6) is 1.93. The van der Waals surface area contributed by atoms with Crippen LogP contribution in [-0.2, 0) is 6.42 Å². The fourth-order valence-electron chi connectivity index (χ4n) is 1.38. The molecule has 0 bridgehead atoms. The minimum absolute atomic E-state index is 0.238. The van der Waals surface area contributed by atoms with Gasteiger partial charge >= 0.3 is 0 Å². The van der Waals surface area contributed by atoms with Gasteiger partial charge in [-0.2, -0.15) is 0 Å². The SMILES string of the molecule is CC(C)CCSc1ccccc1CCO. The molecule has 0 aromatic heterocycles. The Hall–Kier alpha value is -0.470. The van der Waals surface area contributed by atoms with E-state index in [9.17, 15) is 0 Å². The molecule has 0 aliphatic heterocycles. The van der Waals surface area contributed by atoms with Gasteiger partial charge < -0.3 is 5.11 Å². The second-order valence-corrected chi connectivity index (χ2v) is 5.25. The number of rotatable bonds is 6. The third-order valence-electron chi connectivity index (χ3n) is 2.31. The third-order valence-corrected chi connectivity index (χ3v) is 3.46. The minimum atomic E-state index is 0.238. The summed E-state index contributed by atoms with van der Waals surface area (Å²) in [6, 6.07) is 8.36. The molecule has 1 nitrogen and oxygen atoms in total. The van der Waals surface area contributed by atoms with E-state index in [1.54, 1.807) is 0 Å². The van der Waals surface area contributed by atoms with Gasteiger partial charge in [0, 0.05) is 11.5 Å². The maximum Gasteiger partial charge on any atom is 0.0471 e. The van der Waals surface area contributed by atoms with Crippen LogP contribution in [-0.4, -0.2) is 17.5 Å². The molecule has 1 aromatic rings. The smallest absolute Gasteiger partial charge is 0.0471 e. The van der Waals surface area contributed by atoms with Gasteiger partial charge in [-0.05, 0) is 36.1 Å². The molecule has 1 N–H and O–H groups in total. The number of thioether (sulfide) groups is 1. The maximum atomic E-state index is 8.95. The highest BCUT2D eigenvalue weighted by molar-refractivity contribution is 7.99. The number of aliphatic hydroxyl groups is 1. The zero-order chi connectivity index (χ0) is 11.1. The molecule has 15 heavy (non-hydrogen) atoms. The summed E-state index contributed by atoms with van der Waals surface area (Å²) < 4.78 is 0. The lowest BCUT2D eigenvalue weighted by atomic mass is 10.2. The van der Waals surface area contributed by atoms with Crippen molar-refractivity contribution in [2.24, 2.45) is 5.92 Å². The Morgan fingerprint density at radius 1 is 1.27 bits per heavy atom. The van der Waals surface area contributed by atoms with Crippen LogP contribution >= 0.6 is 11.8 Å². The van der Waals surface area contributed by atoms with Crippen LogP contribution in [0.5, 0.6) is 0 Å². The fourth-order valence-corrected chi connectivity index (χ4v) is 2.72. The van der Waals surface area contributed by atoms with E-state index in [-0.39, 0.29) is 6.61 Å². The zero-order valence-electron chi connectivity index (χ0n) is 9.57. The maximum absolute atomic E-state index is 8.95. The average molecular weight is 224 g/mol. The van der Waals surface area contributed by atoms with Gasteiger partial charge in [0.05, 0.1) is 0 Å². The van der Waals surface area contributed by atoms with Crippen LogP contribution < -0.4 is 0 Å². The second-order valence-electron chi connectivity index (χ2n) is 4.11. The standard InChI is InChI=1S/C13H20OS/c1-11(2)8-10-15-13-6-4-3-5-12(13)7-9-14/h3-6,11,14H,7-10H2,1-2H3. The predicted molar refractivity (Wildman–Crippen MR) is 67.4 cm³/mol. The number of aliphatic hydroxyl groups excluding tert-OH is 1. The first-order valence-electron chi connectivity index (χ1n) is 5.55. The highest BCUT2D eigenvalue weighted by atomic mass is 32.2. The summed E-state index contributed by atoms with van der Waals surface area (Å²) in [5.41, 5.74) is 1.27. The first-order chi connectivity index (χ1) is 7.24.